The molecule has 0 saturated heterocycles. The summed E-state index contributed by atoms with van der Waals surface area (Å²) >= 11 is 0. The number of aromatic nitrogens is 2. The van der Waals surface area contributed by atoms with Gasteiger partial charge in [0.2, 0.25) is 5.91 Å². The highest BCUT2D eigenvalue weighted by Gasteiger charge is 2.18. The SMILES string of the molecule is Cc1ccc(C)c(Oc2cc(NC(=O)CCn3ncc([N+](=O)[O-])c3C)cc([N+](=O)[O-])c2)c1. The Balaban J connectivity index is 1.75. The molecule has 0 aliphatic carbocycles. The van der Waals surface area contributed by atoms with E-state index in [1.54, 1.807) is 6.92 Å². The summed E-state index contributed by atoms with van der Waals surface area (Å²) in [6.45, 7) is 5.42. The number of benzene rings is 2. The molecular formula is C21H21N5O6. The van der Waals surface area contributed by atoms with Gasteiger partial charge < -0.3 is 10.1 Å². The second kappa shape index (κ2) is 9.25. The van der Waals surface area contributed by atoms with E-state index in [1.807, 2.05) is 32.0 Å². The number of aryl methyl sites for hydroxylation is 3. The van der Waals surface area contributed by atoms with Crippen molar-refractivity contribution in [3.63, 3.8) is 0 Å². The number of carbonyl (C=O) groups is 1. The van der Waals surface area contributed by atoms with Crippen molar-refractivity contribution in [1.29, 1.82) is 0 Å². The second-order valence-electron chi connectivity index (χ2n) is 7.24. The average molecular weight is 439 g/mol. The molecule has 1 amide bonds. The fourth-order valence-corrected chi connectivity index (χ4v) is 3.04. The van der Waals surface area contributed by atoms with Gasteiger partial charge in [-0.3, -0.25) is 29.7 Å². The smallest absolute Gasteiger partial charge is 0.309 e. The highest BCUT2D eigenvalue weighted by atomic mass is 16.6. The monoisotopic (exact) mass is 439 g/mol. The molecule has 3 aromatic rings. The molecule has 0 atom stereocenters. The van der Waals surface area contributed by atoms with Crippen LogP contribution in [-0.2, 0) is 11.3 Å². The summed E-state index contributed by atoms with van der Waals surface area (Å²) in [7, 11) is 0. The maximum atomic E-state index is 12.4. The van der Waals surface area contributed by atoms with Crippen molar-refractivity contribution >= 4 is 23.0 Å². The molecule has 0 radical (unpaired) electrons. The molecule has 0 fully saturated rings. The number of ether oxygens (including phenoxy) is 1. The molecule has 1 N–H and O–H groups in total. The molecule has 0 aliphatic rings. The van der Waals surface area contributed by atoms with Crippen molar-refractivity contribution < 1.29 is 19.4 Å². The fraction of sp³-hybridized carbons (Fsp3) is 0.238. The van der Waals surface area contributed by atoms with Crippen LogP contribution in [0.5, 0.6) is 11.5 Å². The van der Waals surface area contributed by atoms with Crippen LogP contribution >= 0.6 is 0 Å². The Morgan fingerprint density at radius 2 is 1.84 bits per heavy atom. The van der Waals surface area contributed by atoms with Crippen molar-refractivity contribution in [1.82, 2.24) is 9.78 Å². The van der Waals surface area contributed by atoms with Gasteiger partial charge in [-0.25, -0.2) is 0 Å². The van der Waals surface area contributed by atoms with Crippen LogP contribution < -0.4 is 10.1 Å². The highest BCUT2D eigenvalue weighted by molar-refractivity contribution is 5.91. The van der Waals surface area contributed by atoms with Gasteiger partial charge in [-0.05, 0) is 38.0 Å². The Labute approximate surface area is 182 Å². The molecule has 1 heterocycles. The van der Waals surface area contributed by atoms with Crippen LogP contribution in [0.3, 0.4) is 0 Å². The van der Waals surface area contributed by atoms with Crippen LogP contribution in [0.4, 0.5) is 17.1 Å². The number of nitrogens with zero attached hydrogens (tertiary/aromatic N) is 4. The van der Waals surface area contributed by atoms with Crippen molar-refractivity contribution in [2.45, 2.75) is 33.7 Å². The van der Waals surface area contributed by atoms with Crippen molar-refractivity contribution in [2.75, 3.05) is 5.32 Å². The molecule has 2 aromatic carbocycles. The summed E-state index contributed by atoms with van der Waals surface area (Å²) in [5.74, 6) is 0.334. The number of amides is 1. The number of nitrogens with one attached hydrogen (secondary N) is 1. The fourth-order valence-electron chi connectivity index (χ4n) is 3.04. The van der Waals surface area contributed by atoms with E-state index in [-0.39, 0.29) is 35.8 Å². The van der Waals surface area contributed by atoms with E-state index in [9.17, 15) is 25.0 Å². The van der Waals surface area contributed by atoms with Gasteiger partial charge in [0.1, 0.15) is 23.4 Å². The summed E-state index contributed by atoms with van der Waals surface area (Å²) in [6, 6.07) is 9.64. The van der Waals surface area contributed by atoms with Crippen molar-refractivity contribution in [2.24, 2.45) is 0 Å². The third-order valence-corrected chi connectivity index (χ3v) is 4.78. The molecular weight excluding hydrogens is 418 g/mol. The van der Waals surface area contributed by atoms with Gasteiger partial charge in [-0.15, -0.1) is 0 Å². The number of hydrogen-bond acceptors (Lipinski definition) is 7. The highest BCUT2D eigenvalue weighted by Crippen LogP contribution is 2.31. The molecule has 0 aliphatic heterocycles. The van der Waals surface area contributed by atoms with Crippen LogP contribution in [-0.4, -0.2) is 25.5 Å². The minimum Gasteiger partial charge on any atom is -0.457 e. The van der Waals surface area contributed by atoms with Gasteiger partial charge in [0.05, 0.1) is 28.1 Å². The van der Waals surface area contributed by atoms with Gasteiger partial charge in [0, 0.05) is 18.6 Å². The van der Waals surface area contributed by atoms with E-state index >= 15 is 0 Å². The standard InChI is InChI=1S/C21H21N5O6/c1-13-4-5-14(2)20(8-13)32-18-10-16(9-17(11-18)25(28)29)23-21(27)6-7-24-15(3)19(12-22-24)26(30)31/h4-5,8-12H,6-7H2,1-3H3,(H,23,27). The largest absolute Gasteiger partial charge is 0.457 e. The van der Waals surface area contributed by atoms with Gasteiger partial charge in [0.15, 0.2) is 0 Å². The van der Waals surface area contributed by atoms with Crippen LogP contribution in [0.25, 0.3) is 0 Å². The number of carbonyl (C=O) groups excluding carboxylic acids is 1. The van der Waals surface area contributed by atoms with E-state index in [1.165, 1.54) is 22.9 Å². The predicted molar refractivity (Wildman–Crippen MR) is 116 cm³/mol. The second-order valence-corrected chi connectivity index (χ2v) is 7.24. The van der Waals surface area contributed by atoms with Crippen LogP contribution in [0.15, 0.2) is 42.6 Å². The zero-order chi connectivity index (χ0) is 23.4. The van der Waals surface area contributed by atoms with Gasteiger partial charge in [-0.2, -0.15) is 5.10 Å². The first-order chi connectivity index (χ1) is 15.1. The maximum absolute atomic E-state index is 12.4. The van der Waals surface area contributed by atoms with E-state index in [4.69, 9.17) is 4.74 Å². The topological polar surface area (TPSA) is 142 Å². The number of nitro groups is 2. The first kappa shape index (κ1) is 22.4. The lowest BCUT2D eigenvalue weighted by Crippen LogP contribution is -2.15. The molecule has 3 rings (SSSR count). The number of rotatable bonds is 8. The van der Waals surface area contributed by atoms with E-state index < -0.39 is 15.8 Å². The Bertz CT molecular complexity index is 1200. The third-order valence-electron chi connectivity index (χ3n) is 4.78. The van der Waals surface area contributed by atoms with Gasteiger partial charge in [0.25, 0.3) is 5.69 Å². The molecule has 0 saturated carbocycles. The molecule has 11 nitrogen and oxygen atoms in total. The molecule has 0 spiro atoms. The van der Waals surface area contributed by atoms with Crippen molar-refractivity contribution in [3.05, 3.63) is 79.6 Å². The summed E-state index contributed by atoms with van der Waals surface area (Å²) in [5.41, 5.74) is 2.00. The van der Waals surface area contributed by atoms with Crippen LogP contribution in [0.1, 0.15) is 23.2 Å². The first-order valence-corrected chi connectivity index (χ1v) is 9.65. The average Bonchev–Trinajstić information content (AvgIpc) is 3.09. The van der Waals surface area contributed by atoms with Crippen molar-refractivity contribution in [3.8, 4) is 11.5 Å². The Kier molecular flexibility index (Phi) is 6.47. The van der Waals surface area contributed by atoms with Gasteiger partial charge >= 0.3 is 5.69 Å². The predicted octanol–water partition coefficient (Wildman–Crippen LogP) is 4.45. The zero-order valence-electron chi connectivity index (χ0n) is 17.7. The zero-order valence-corrected chi connectivity index (χ0v) is 17.7. The molecule has 1 aromatic heterocycles. The Hall–Kier alpha value is -4.28. The molecule has 0 bridgehead atoms. The number of anilines is 1. The third kappa shape index (κ3) is 5.25. The molecule has 32 heavy (non-hydrogen) atoms. The summed E-state index contributed by atoms with van der Waals surface area (Å²) in [4.78, 5) is 33.5. The van der Waals surface area contributed by atoms with Crippen LogP contribution in [0, 0.1) is 41.0 Å². The van der Waals surface area contributed by atoms with E-state index in [0.717, 1.165) is 17.3 Å². The number of non-ortho nitro benzene ring substituents is 1. The lowest BCUT2D eigenvalue weighted by molar-refractivity contribution is -0.385. The number of hydrogen-bond donors (Lipinski definition) is 1. The minimum atomic E-state index is -0.572. The first-order valence-electron chi connectivity index (χ1n) is 9.65. The Morgan fingerprint density at radius 1 is 1.09 bits per heavy atom. The summed E-state index contributed by atoms with van der Waals surface area (Å²) in [6.07, 6.45) is 1.10. The van der Waals surface area contributed by atoms with E-state index in [2.05, 4.69) is 10.4 Å². The maximum Gasteiger partial charge on any atom is 0.309 e. The van der Waals surface area contributed by atoms with E-state index in [0.29, 0.717) is 11.4 Å². The van der Waals surface area contributed by atoms with Gasteiger partial charge in [-0.1, -0.05) is 12.1 Å². The molecule has 166 valence electrons. The molecule has 0 unspecified atom stereocenters. The lowest BCUT2D eigenvalue weighted by atomic mass is 10.1. The normalized spacial score (nSPS) is 10.6. The summed E-state index contributed by atoms with van der Waals surface area (Å²) < 4.78 is 7.20. The lowest BCUT2D eigenvalue weighted by Gasteiger charge is -2.12. The minimum absolute atomic E-state index is 0.0322. The quantitative estimate of drug-likeness (QED) is 0.403. The summed E-state index contributed by atoms with van der Waals surface area (Å²) in [5, 5.41) is 28.8. The van der Waals surface area contributed by atoms with Crippen LogP contribution in [0.2, 0.25) is 0 Å². The Morgan fingerprint density at radius 3 is 2.50 bits per heavy atom. The molecule has 11 heteroatoms. The number of nitro benzene ring substituents is 1.